The summed E-state index contributed by atoms with van der Waals surface area (Å²) < 4.78 is 1.59. The molecule has 6 heteroatoms. The van der Waals surface area contributed by atoms with Gasteiger partial charge in [-0.3, -0.25) is 0 Å². The molecule has 2 heterocycles. The van der Waals surface area contributed by atoms with Crippen molar-refractivity contribution in [2.45, 2.75) is 0 Å². The molecule has 1 aromatic carbocycles. The number of rotatable bonds is 2. The fraction of sp³-hybridized carbons (Fsp3) is 0. The zero-order chi connectivity index (χ0) is 13.4. The van der Waals surface area contributed by atoms with Crippen LogP contribution in [0.15, 0.2) is 42.6 Å². The van der Waals surface area contributed by atoms with Gasteiger partial charge in [0.2, 0.25) is 0 Å². The van der Waals surface area contributed by atoms with Crippen LogP contribution < -0.4 is 0 Å². The van der Waals surface area contributed by atoms with Crippen molar-refractivity contribution in [3.8, 4) is 11.4 Å². The molecule has 0 amide bonds. The average molecular weight is 274 g/mol. The number of carbonyl (C=O) groups is 1. The van der Waals surface area contributed by atoms with Crippen molar-refractivity contribution in [2.24, 2.45) is 0 Å². The largest absolute Gasteiger partial charge is 0.478 e. The minimum absolute atomic E-state index is 0.232. The van der Waals surface area contributed by atoms with Gasteiger partial charge in [0.15, 0.2) is 11.5 Å². The Kier molecular flexibility index (Phi) is 2.68. The molecule has 0 saturated heterocycles. The van der Waals surface area contributed by atoms with Crippen LogP contribution in [0, 0.1) is 0 Å². The number of hydrogen-bond donors (Lipinski definition) is 1. The average Bonchev–Trinajstić information content (AvgIpc) is 2.81. The van der Waals surface area contributed by atoms with Crippen LogP contribution in [0.5, 0.6) is 0 Å². The molecule has 0 aliphatic carbocycles. The Morgan fingerprint density at radius 2 is 1.89 bits per heavy atom. The Morgan fingerprint density at radius 3 is 2.58 bits per heavy atom. The van der Waals surface area contributed by atoms with Crippen molar-refractivity contribution in [3.63, 3.8) is 0 Å². The van der Waals surface area contributed by atoms with Gasteiger partial charge < -0.3 is 5.11 Å². The molecule has 0 saturated carbocycles. The molecule has 3 rings (SSSR count). The lowest BCUT2D eigenvalue weighted by atomic mass is 10.1. The van der Waals surface area contributed by atoms with E-state index in [9.17, 15) is 4.79 Å². The SMILES string of the molecule is O=C(O)c1ccc(-c2nc3ccc(Cl)cn3n2)cc1. The van der Waals surface area contributed by atoms with Crippen LogP contribution in [0.3, 0.4) is 0 Å². The molecule has 0 atom stereocenters. The van der Waals surface area contributed by atoms with E-state index in [1.54, 1.807) is 35.0 Å². The molecule has 0 aliphatic rings. The van der Waals surface area contributed by atoms with E-state index in [0.29, 0.717) is 16.5 Å². The summed E-state index contributed by atoms with van der Waals surface area (Å²) in [4.78, 5) is 15.1. The number of pyridine rings is 1. The lowest BCUT2D eigenvalue weighted by Gasteiger charge is -1.96. The minimum Gasteiger partial charge on any atom is -0.478 e. The topological polar surface area (TPSA) is 67.5 Å². The number of halogens is 1. The Balaban J connectivity index is 2.06. The summed E-state index contributed by atoms with van der Waals surface area (Å²) >= 11 is 5.88. The van der Waals surface area contributed by atoms with Gasteiger partial charge in [0, 0.05) is 11.8 Å². The van der Waals surface area contributed by atoms with Crippen LogP contribution in [0.2, 0.25) is 5.02 Å². The summed E-state index contributed by atoms with van der Waals surface area (Å²) in [6.07, 6.45) is 1.67. The first-order valence-corrected chi connectivity index (χ1v) is 5.87. The summed E-state index contributed by atoms with van der Waals surface area (Å²) in [5, 5.41) is 13.7. The molecule has 3 aromatic rings. The number of fused-ring (bicyclic) bond motifs is 1. The van der Waals surface area contributed by atoms with Crippen LogP contribution in [0.25, 0.3) is 17.0 Å². The number of carboxylic acids is 1. The molecule has 2 aromatic heterocycles. The third kappa shape index (κ3) is 2.15. The molecule has 5 nitrogen and oxygen atoms in total. The highest BCUT2D eigenvalue weighted by Crippen LogP contribution is 2.18. The van der Waals surface area contributed by atoms with Crippen LogP contribution in [-0.2, 0) is 0 Å². The molecule has 0 aliphatic heterocycles. The van der Waals surface area contributed by atoms with Gasteiger partial charge in [-0.15, -0.1) is 5.10 Å². The summed E-state index contributed by atoms with van der Waals surface area (Å²) in [5.41, 5.74) is 1.67. The molecule has 94 valence electrons. The molecule has 0 spiro atoms. The normalized spacial score (nSPS) is 10.8. The zero-order valence-electron chi connectivity index (χ0n) is 9.62. The van der Waals surface area contributed by atoms with E-state index in [-0.39, 0.29) is 5.56 Å². The Hall–Kier alpha value is -2.40. The van der Waals surface area contributed by atoms with Gasteiger partial charge >= 0.3 is 5.97 Å². The highest BCUT2D eigenvalue weighted by atomic mass is 35.5. The molecular weight excluding hydrogens is 266 g/mol. The number of benzene rings is 1. The third-order valence-corrected chi connectivity index (χ3v) is 2.91. The zero-order valence-corrected chi connectivity index (χ0v) is 10.4. The number of carboxylic acid groups (broad SMARTS) is 1. The second kappa shape index (κ2) is 4.37. The van der Waals surface area contributed by atoms with Gasteiger partial charge in [-0.1, -0.05) is 23.7 Å². The first-order valence-electron chi connectivity index (χ1n) is 5.49. The van der Waals surface area contributed by atoms with Crippen molar-refractivity contribution < 1.29 is 9.90 Å². The Labute approximate surface area is 113 Å². The fourth-order valence-corrected chi connectivity index (χ4v) is 1.90. The molecule has 0 bridgehead atoms. The molecule has 0 radical (unpaired) electrons. The van der Waals surface area contributed by atoms with Gasteiger partial charge in [-0.05, 0) is 24.3 Å². The maximum atomic E-state index is 10.8. The van der Waals surface area contributed by atoms with E-state index in [2.05, 4.69) is 10.1 Å². The van der Waals surface area contributed by atoms with E-state index in [1.165, 1.54) is 12.1 Å². The van der Waals surface area contributed by atoms with Crippen LogP contribution in [0.1, 0.15) is 10.4 Å². The summed E-state index contributed by atoms with van der Waals surface area (Å²) in [6, 6.07) is 9.92. The van der Waals surface area contributed by atoms with E-state index < -0.39 is 5.97 Å². The monoisotopic (exact) mass is 273 g/mol. The van der Waals surface area contributed by atoms with Gasteiger partial charge in [-0.2, -0.15) is 0 Å². The van der Waals surface area contributed by atoms with Crippen LogP contribution in [-0.4, -0.2) is 25.7 Å². The molecule has 19 heavy (non-hydrogen) atoms. The van der Waals surface area contributed by atoms with Gasteiger partial charge in [-0.25, -0.2) is 14.3 Å². The number of aromatic nitrogens is 3. The predicted octanol–water partition coefficient (Wildman–Crippen LogP) is 2.75. The van der Waals surface area contributed by atoms with Crippen molar-refractivity contribution in [1.29, 1.82) is 0 Å². The van der Waals surface area contributed by atoms with Gasteiger partial charge in [0.1, 0.15) is 0 Å². The molecule has 0 fully saturated rings. The van der Waals surface area contributed by atoms with Crippen molar-refractivity contribution in [1.82, 2.24) is 14.6 Å². The van der Waals surface area contributed by atoms with Crippen LogP contribution >= 0.6 is 11.6 Å². The first kappa shape index (κ1) is 11.7. The smallest absolute Gasteiger partial charge is 0.335 e. The number of nitrogens with zero attached hydrogens (tertiary/aromatic N) is 3. The number of hydrogen-bond acceptors (Lipinski definition) is 3. The first-order chi connectivity index (χ1) is 9.13. The van der Waals surface area contributed by atoms with E-state index >= 15 is 0 Å². The van der Waals surface area contributed by atoms with Crippen molar-refractivity contribution >= 4 is 23.2 Å². The second-order valence-corrected chi connectivity index (χ2v) is 4.40. The third-order valence-electron chi connectivity index (χ3n) is 2.68. The summed E-state index contributed by atoms with van der Waals surface area (Å²) in [6.45, 7) is 0. The Morgan fingerprint density at radius 1 is 1.16 bits per heavy atom. The van der Waals surface area contributed by atoms with Crippen molar-refractivity contribution in [2.75, 3.05) is 0 Å². The van der Waals surface area contributed by atoms with Gasteiger partial charge in [0.25, 0.3) is 0 Å². The maximum Gasteiger partial charge on any atom is 0.335 e. The lowest BCUT2D eigenvalue weighted by molar-refractivity contribution is 0.0697. The standard InChI is InChI=1S/C13H8ClN3O2/c14-10-5-6-11-15-12(16-17(11)7-10)8-1-3-9(4-2-8)13(18)19/h1-7H,(H,18,19). The highest BCUT2D eigenvalue weighted by Gasteiger charge is 2.08. The quantitative estimate of drug-likeness (QED) is 0.779. The summed E-state index contributed by atoms with van der Waals surface area (Å²) in [7, 11) is 0. The molecule has 0 unspecified atom stereocenters. The Bertz CT molecular complexity index is 765. The lowest BCUT2D eigenvalue weighted by Crippen LogP contribution is -1.95. The van der Waals surface area contributed by atoms with Gasteiger partial charge in [0.05, 0.1) is 10.6 Å². The molecule has 1 N–H and O–H groups in total. The predicted molar refractivity (Wildman–Crippen MR) is 70.4 cm³/mol. The fourth-order valence-electron chi connectivity index (χ4n) is 1.74. The number of aromatic carboxylic acids is 1. The maximum absolute atomic E-state index is 10.8. The highest BCUT2D eigenvalue weighted by molar-refractivity contribution is 6.30. The van der Waals surface area contributed by atoms with E-state index in [1.807, 2.05) is 0 Å². The van der Waals surface area contributed by atoms with Crippen LogP contribution in [0.4, 0.5) is 0 Å². The van der Waals surface area contributed by atoms with E-state index in [0.717, 1.165) is 5.56 Å². The molecular formula is C13H8ClN3O2. The second-order valence-electron chi connectivity index (χ2n) is 3.97. The van der Waals surface area contributed by atoms with Crippen molar-refractivity contribution in [3.05, 3.63) is 53.2 Å². The minimum atomic E-state index is -0.957. The van der Waals surface area contributed by atoms with E-state index in [4.69, 9.17) is 16.7 Å². The summed E-state index contributed by atoms with van der Waals surface area (Å²) in [5.74, 6) is -0.430.